The van der Waals surface area contributed by atoms with Gasteiger partial charge in [0.1, 0.15) is 0 Å². The van der Waals surface area contributed by atoms with Crippen molar-refractivity contribution in [3.05, 3.63) is 35.4 Å². The van der Waals surface area contributed by atoms with Gasteiger partial charge in [-0.25, -0.2) is 0 Å². The summed E-state index contributed by atoms with van der Waals surface area (Å²) in [7, 11) is 3.86. The zero-order chi connectivity index (χ0) is 13.0. The van der Waals surface area contributed by atoms with Crippen LogP contribution in [-0.2, 0) is 11.2 Å². The summed E-state index contributed by atoms with van der Waals surface area (Å²) < 4.78 is 5.70. The summed E-state index contributed by atoms with van der Waals surface area (Å²) in [4.78, 5) is 0. The van der Waals surface area contributed by atoms with E-state index in [2.05, 4.69) is 36.5 Å². The van der Waals surface area contributed by atoms with Crippen molar-refractivity contribution in [3.63, 3.8) is 0 Å². The molecule has 0 aliphatic heterocycles. The van der Waals surface area contributed by atoms with Crippen LogP contribution in [0.4, 0.5) is 0 Å². The van der Waals surface area contributed by atoms with Gasteiger partial charge in [0.15, 0.2) is 0 Å². The van der Waals surface area contributed by atoms with Crippen LogP contribution in [0.5, 0.6) is 0 Å². The zero-order valence-electron chi connectivity index (χ0n) is 11.8. The number of rotatable bonds is 7. The molecule has 0 aromatic heterocycles. The molecule has 0 saturated heterocycles. The van der Waals surface area contributed by atoms with E-state index in [-0.39, 0.29) is 0 Å². The zero-order valence-corrected chi connectivity index (χ0v) is 11.8. The second-order valence-corrected chi connectivity index (χ2v) is 5.30. The average Bonchev–Trinajstić information content (AvgIpc) is 3.22. The smallest absolute Gasteiger partial charge is 0.0793 e. The molecule has 2 rings (SSSR count). The molecule has 1 aromatic carbocycles. The monoisotopic (exact) mass is 247 g/mol. The molecule has 2 nitrogen and oxygen atoms in total. The molecule has 100 valence electrons. The molecular formula is C16H25NO. The normalized spacial score (nSPS) is 18.6. The molecule has 18 heavy (non-hydrogen) atoms. The summed E-state index contributed by atoms with van der Waals surface area (Å²) in [5, 5.41) is 3.42. The lowest BCUT2D eigenvalue weighted by Gasteiger charge is -2.26. The highest BCUT2D eigenvalue weighted by Gasteiger charge is 2.36. The van der Waals surface area contributed by atoms with Crippen LogP contribution in [0, 0.1) is 5.92 Å². The second kappa shape index (κ2) is 6.35. The Bertz CT molecular complexity index is 356. The molecule has 1 aliphatic carbocycles. The van der Waals surface area contributed by atoms with Crippen molar-refractivity contribution in [3.8, 4) is 0 Å². The second-order valence-electron chi connectivity index (χ2n) is 5.30. The van der Waals surface area contributed by atoms with Crippen molar-refractivity contribution in [2.45, 2.75) is 44.8 Å². The predicted molar refractivity (Wildman–Crippen MR) is 75.8 cm³/mol. The predicted octanol–water partition coefficient (Wildman–Crippen LogP) is 3.32. The van der Waals surface area contributed by atoms with Crippen molar-refractivity contribution < 1.29 is 4.74 Å². The van der Waals surface area contributed by atoms with E-state index in [1.54, 1.807) is 0 Å². The Kier molecular flexibility index (Phi) is 4.79. The molecule has 1 saturated carbocycles. The van der Waals surface area contributed by atoms with Crippen molar-refractivity contribution >= 4 is 0 Å². The van der Waals surface area contributed by atoms with Crippen LogP contribution in [0.15, 0.2) is 24.3 Å². The Morgan fingerprint density at radius 3 is 2.39 bits per heavy atom. The van der Waals surface area contributed by atoms with Crippen LogP contribution < -0.4 is 5.32 Å². The molecule has 0 amide bonds. The highest BCUT2D eigenvalue weighted by Crippen LogP contribution is 2.39. The van der Waals surface area contributed by atoms with E-state index in [1.807, 2.05) is 14.2 Å². The van der Waals surface area contributed by atoms with E-state index >= 15 is 0 Å². The third kappa shape index (κ3) is 3.12. The standard InChI is InChI=1S/C16H25NO/c1-4-5-12-6-8-13(9-7-12)15(17-2)16(18-3)14-10-11-14/h6-9,14-17H,4-5,10-11H2,1-3H3. The van der Waals surface area contributed by atoms with Gasteiger partial charge in [0.2, 0.25) is 0 Å². The number of likely N-dealkylation sites (N-methyl/N-ethyl adjacent to an activating group) is 1. The van der Waals surface area contributed by atoms with E-state index in [0.29, 0.717) is 12.1 Å². The van der Waals surface area contributed by atoms with Gasteiger partial charge in [-0.15, -0.1) is 0 Å². The van der Waals surface area contributed by atoms with Crippen LogP contribution in [0.3, 0.4) is 0 Å². The molecule has 2 unspecified atom stereocenters. The fraction of sp³-hybridized carbons (Fsp3) is 0.625. The van der Waals surface area contributed by atoms with Crippen molar-refractivity contribution in [1.82, 2.24) is 5.32 Å². The molecule has 2 atom stereocenters. The summed E-state index contributed by atoms with van der Waals surface area (Å²) in [6.45, 7) is 2.22. The average molecular weight is 247 g/mol. The summed E-state index contributed by atoms with van der Waals surface area (Å²) in [6, 6.07) is 9.32. The lowest BCUT2D eigenvalue weighted by atomic mass is 9.96. The number of ether oxygens (including phenoxy) is 1. The van der Waals surface area contributed by atoms with Gasteiger partial charge in [-0.1, -0.05) is 37.6 Å². The number of hydrogen-bond acceptors (Lipinski definition) is 2. The molecule has 1 aromatic rings. The van der Waals surface area contributed by atoms with Gasteiger partial charge in [0.25, 0.3) is 0 Å². The Morgan fingerprint density at radius 2 is 1.94 bits per heavy atom. The Hall–Kier alpha value is -0.860. The Labute approximate surface area is 111 Å². The van der Waals surface area contributed by atoms with Gasteiger partial charge in [-0.2, -0.15) is 0 Å². The molecule has 2 heteroatoms. The van der Waals surface area contributed by atoms with E-state index in [0.717, 1.165) is 5.92 Å². The van der Waals surface area contributed by atoms with Crippen LogP contribution >= 0.6 is 0 Å². The van der Waals surface area contributed by atoms with Gasteiger partial charge in [0.05, 0.1) is 12.1 Å². The molecule has 1 fully saturated rings. The van der Waals surface area contributed by atoms with Gasteiger partial charge >= 0.3 is 0 Å². The minimum absolute atomic E-state index is 0.312. The topological polar surface area (TPSA) is 21.3 Å². The van der Waals surface area contributed by atoms with Crippen molar-refractivity contribution in [2.24, 2.45) is 5.92 Å². The van der Waals surface area contributed by atoms with Gasteiger partial charge in [0, 0.05) is 7.11 Å². The first kappa shape index (κ1) is 13.6. The Morgan fingerprint density at radius 1 is 1.28 bits per heavy atom. The van der Waals surface area contributed by atoms with Crippen LogP contribution in [0.25, 0.3) is 0 Å². The first-order valence-electron chi connectivity index (χ1n) is 7.09. The largest absolute Gasteiger partial charge is 0.379 e. The summed E-state index contributed by atoms with van der Waals surface area (Å²) in [5.74, 6) is 0.739. The number of methoxy groups -OCH3 is 1. The van der Waals surface area contributed by atoms with Crippen LogP contribution in [0.2, 0.25) is 0 Å². The highest BCUT2D eigenvalue weighted by atomic mass is 16.5. The SMILES string of the molecule is CCCc1ccc(C(NC)C(OC)C2CC2)cc1. The van der Waals surface area contributed by atoms with E-state index < -0.39 is 0 Å². The third-order valence-corrected chi connectivity index (χ3v) is 3.88. The first-order chi connectivity index (χ1) is 8.80. The molecule has 0 spiro atoms. The fourth-order valence-corrected chi connectivity index (χ4v) is 2.73. The molecular weight excluding hydrogens is 222 g/mol. The van der Waals surface area contributed by atoms with E-state index in [1.165, 1.54) is 36.8 Å². The number of hydrogen-bond donors (Lipinski definition) is 1. The van der Waals surface area contributed by atoms with Crippen LogP contribution in [-0.4, -0.2) is 20.3 Å². The third-order valence-electron chi connectivity index (χ3n) is 3.88. The number of aryl methyl sites for hydroxylation is 1. The maximum absolute atomic E-state index is 5.70. The van der Waals surface area contributed by atoms with E-state index in [4.69, 9.17) is 4.74 Å². The first-order valence-corrected chi connectivity index (χ1v) is 7.09. The van der Waals surface area contributed by atoms with Crippen molar-refractivity contribution in [2.75, 3.05) is 14.2 Å². The van der Waals surface area contributed by atoms with Crippen LogP contribution in [0.1, 0.15) is 43.4 Å². The lowest BCUT2D eigenvalue weighted by molar-refractivity contribution is 0.0530. The van der Waals surface area contributed by atoms with Crippen molar-refractivity contribution in [1.29, 1.82) is 0 Å². The quantitative estimate of drug-likeness (QED) is 0.798. The summed E-state index contributed by atoms with van der Waals surface area (Å²) in [6.07, 6.45) is 5.31. The van der Waals surface area contributed by atoms with Gasteiger partial charge < -0.3 is 10.1 Å². The summed E-state index contributed by atoms with van der Waals surface area (Å²) in [5.41, 5.74) is 2.77. The molecule has 0 radical (unpaired) electrons. The maximum Gasteiger partial charge on any atom is 0.0793 e. The molecule has 1 aliphatic rings. The lowest BCUT2D eigenvalue weighted by Crippen LogP contribution is -2.32. The molecule has 0 heterocycles. The minimum Gasteiger partial charge on any atom is -0.379 e. The van der Waals surface area contributed by atoms with E-state index in [9.17, 15) is 0 Å². The Balaban J connectivity index is 2.10. The summed E-state index contributed by atoms with van der Waals surface area (Å²) >= 11 is 0. The van der Waals surface area contributed by atoms with Gasteiger partial charge in [-0.05, 0) is 43.4 Å². The van der Waals surface area contributed by atoms with Gasteiger partial charge in [-0.3, -0.25) is 0 Å². The number of nitrogens with one attached hydrogen (secondary N) is 1. The number of benzene rings is 1. The fourth-order valence-electron chi connectivity index (χ4n) is 2.73. The minimum atomic E-state index is 0.312. The maximum atomic E-state index is 5.70. The highest BCUT2D eigenvalue weighted by molar-refractivity contribution is 5.26. The molecule has 0 bridgehead atoms. The molecule has 1 N–H and O–H groups in total.